The maximum atomic E-state index is 12.9. The number of primary amides is 1. The number of nitrogens with two attached hydrogens (primary N) is 1. The first-order chi connectivity index (χ1) is 21.0. The summed E-state index contributed by atoms with van der Waals surface area (Å²) in [5.74, 6) is -0.528. The fourth-order valence-corrected chi connectivity index (χ4v) is 5.83. The first-order valence-corrected chi connectivity index (χ1v) is 14.3. The van der Waals surface area contributed by atoms with Gasteiger partial charge in [0.05, 0.1) is 29.7 Å². The van der Waals surface area contributed by atoms with Gasteiger partial charge in [-0.05, 0) is 24.5 Å². The van der Waals surface area contributed by atoms with Crippen LogP contribution in [0.25, 0.3) is 33.6 Å². The third-order valence-electron chi connectivity index (χ3n) is 7.84. The Morgan fingerprint density at radius 2 is 1.77 bits per heavy atom. The van der Waals surface area contributed by atoms with E-state index in [1.807, 2.05) is 31.2 Å². The Labute approximate surface area is 257 Å². The van der Waals surface area contributed by atoms with Crippen LogP contribution in [0.5, 0.6) is 5.88 Å². The molecule has 0 spiro atoms. The third kappa shape index (κ3) is 5.61. The van der Waals surface area contributed by atoms with Crippen LogP contribution in [0.1, 0.15) is 34.5 Å². The normalized spacial score (nSPS) is 14.5. The van der Waals surface area contributed by atoms with Crippen molar-refractivity contribution in [2.45, 2.75) is 32.4 Å². The number of carbonyl (C=O) groups excluding carboxylic acids is 2. The summed E-state index contributed by atoms with van der Waals surface area (Å²) in [5, 5.41) is 6.62. The molecule has 1 saturated heterocycles. The molecular weight excluding hydrogens is 586 g/mol. The van der Waals surface area contributed by atoms with Gasteiger partial charge in [0, 0.05) is 56.3 Å². The van der Waals surface area contributed by atoms with Crippen LogP contribution < -0.4 is 32.4 Å². The highest BCUT2D eigenvalue weighted by atomic mass is 35.5. The van der Waals surface area contributed by atoms with Crippen LogP contribution in [0, 0.1) is 6.92 Å². The van der Waals surface area contributed by atoms with E-state index >= 15 is 0 Å². The van der Waals surface area contributed by atoms with Gasteiger partial charge in [-0.3, -0.25) is 28.5 Å². The zero-order chi connectivity index (χ0) is 31.7. The van der Waals surface area contributed by atoms with Gasteiger partial charge in [-0.2, -0.15) is 0 Å². The molecule has 228 valence electrons. The first-order valence-electron chi connectivity index (χ1n) is 13.9. The molecule has 3 heterocycles. The first kappa shape index (κ1) is 30.6. The number of halogens is 1. The van der Waals surface area contributed by atoms with Crippen molar-refractivity contribution in [1.82, 2.24) is 29.7 Å². The number of nitrogens with zero attached hydrogens (tertiary/aromatic N) is 4. The van der Waals surface area contributed by atoms with Crippen LogP contribution in [0.2, 0.25) is 5.02 Å². The van der Waals surface area contributed by atoms with Crippen LogP contribution in [-0.2, 0) is 25.4 Å². The van der Waals surface area contributed by atoms with E-state index in [1.54, 1.807) is 18.3 Å². The van der Waals surface area contributed by atoms with E-state index in [-0.39, 0.29) is 23.2 Å². The lowest BCUT2D eigenvalue weighted by Gasteiger charge is -2.18. The van der Waals surface area contributed by atoms with E-state index in [2.05, 4.69) is 20.6 Å². The molecule has 44 heavy (non-hydrogen) atoms. The van der Waals surface area contributed by atoms with E-state index in [4.69, 9.17) is 22.1 Å². The smallest absolute Gasteiger partial charge is 0.330 e. The van der Waals surface area contributed by atoms with Crippen LogP contribution >= 0.6 is 11.6 Å². The SMILES string of the molecule is COc1nc(-c2cccc(-c3cccc(-c4c(C(N)=O)c(=O)n(C)c(=O)n4C)c3C)c2Cl)cnc1CNCC1CCC(=O)N1. The summed E-state index contributed by atoms with van der Waals surface area (Å²) in [4.78, 5) is 58.8. The van der Waals surface area contributed by atoms with Gasteiger partial charge in [-0.15, -0.1) is 0 Å². The van der Waals surface area contributed by atoms with Gasteiger partial charge in [0.2, 0.25) is 11.8 Å². The fraction of sp³-hybridized carbons (Fsp3) is 0.290. The topological polar surface area (TPSA) is 163 Å². The van der Waals surface area contributed by atoms with Crippen LogP contribution in [0.3, 0.4) is 0 Å². The zero-order valence-electron chi connectivity index (χ0n) is 24.7. The van der Waals surface area contributed by atoms with Crippen LogP contribution in [0.4, 0.5) is 0 Å². The monoisotopic (exact) mass is 617 g/mol. The van der Waals surface area contributed by atoms with Crippen molar-refractivity contribution < 1.29 is 14.3 Å². The summed E-state index contributed by atoms with van der Waals surface area (Å²) in [6, 6.07) is 10.9. The highest BCUT2D eigenvalue weighted by molar-refractivity contribution is 6.36. The van der Waals surface area contributed by atoms with Crippen molar-refractivity contribution in [3.05, 3.63) is 85.3 Å². The fourth-order valence-electron chi connectivity index (χ4n) is 5.51. The highest BCUT2D eigenvalue weighted by Gasteiger charge is 2.24. The molecule has 12 nitrogen and oxygen atoms in total. The molecule has 1 aliphatic heterocycles. The predicted octanol–water partition coefficient (Wildman–Crippen LogP) is 2.31. The number of methoxy groups -OCH3 is 1. The molecule has 1 atom stereocenters. The second kappa shape index (κ2) is 12.4. The number of hydrogen-bond acceptors (Lipinski definition) is 8. The minimum absolute atomic E-state index is 0.0615. The second-order valence-corrected chi connectivity index (χ2v) is 11.0. The van der Waals surface area contributed by atoms with Crippen molar-refractivity contribution >= 4 is 23.4 Å². The van der Waals surface area contributed by atoms with E-state index in [0.29, 0.717) is 64.1 Å². The number of hydrogen-bond donors (Lipinski definition) is 3. The summed E-state index contributed by atoms with van der Waals surface area (Å²) in [7, 11) is 4.31. The molecule has 1 aliphatic rings. The van der Waals surface area contributed by atoms with Gasteiger partial charge in [-0.1, -0.05) is 48.0 Å². The Morgan fingerprint density at radius 3 is 2.43 bits per heavy atom. The molecule has 0 saturated carbocycles. The van der Waals surface area contributed by atoms with Gasteiger partial charge in [0.25, 0.3) is 11.5 Å². The summed E-state index contributed by atoms with van der Waals surface area (Å²) >= 11 is 7.00. The van der Waals surface area contributed by atoms with Crippen molar-refractivity contribution in [1.29, 1.82) is 0 Å². The minimum Gasteiger partial charge on any atom is -0.480 e. The molecule has 1 unspecified atom stereocenters. The molecule has 0 aliphatic carbocycles. The summed E-state index contributed by atoms with van der Waals surface area (Å²) in [5.41, 5.74) is 8.40. The van der Waals surface area contributed by atoms with Crippen molar-refractivity contribution in [3.63, 3.8) is 0 Å². The summed E-state index contributed by atoms with van der Waals surface area (Å²) < 4.78 is 7.64. The average Bonchev–Trinajstić information content (AvgIpc) is 3.43. The van der Waals surface area contributed by atoms with Gasteiger partial charge in [-0.25, -0.2) is 9.78 Å². The molecule has 4 N–H and O–H groups in total. The molecule has 4 aromatic rings. The Balaban J connectivity index is 1.52. The van der Waals surface area contributed by atoms with Crippen molar-refractivity contribution in [3.8, 4) is 39.5 Å². The number of amides is 2. The summed E-state index contributed by atoms with van der Waals surface area (Å²) in [6.45, 7) is 2.83. The number of aromatic nitrogens is 4. The number of rotatable bonds is 9. The minimum atomic E-state index is -0.933. The molecule has 13 heteroatoms. The number of carbonyl (C=O) groups is 2. The maximum Gasteiger partial charge on any atom is 0.330 e. The lowest BCUT2D eigenvalue weighted by molar-refractivity contribution is -0.119. The van der Waals surface area contributed by atoms with E-state index < -0.39 is 17.2 Å². The van der Waals surface area contributed by atoms with Gasteiger partial charge in [0.1, 0.15) is 11.3 Å². The van der Waals surface area contributed by atoms with E-state index in [0.717, 1.165) is 16.6 Å². The molecule has 2 aromatic carbocycles. The van der Waals surface area contributed by atoms with E-state index in [1.165, 1.54) is 25.8 Å². The number of ether oxygens (including phenoxy) is 1. The van der Waals surface area contributed by atoms with Crippen LogP contribution in [-0.4, -0.2) is 50.6 Å². The molecule has 2 aromatic heterocycles. The summed E-state index contributed by atoms with van der Waals surface area (Å²) in [6.07, 6.45) is 2.95. The standard InChI is InChI=1S/C31H32ClN7O5/c1-16-18(7-5-8-19(16)27-25(28(33)41)30(42)39(3)31(43)38(27)2)20-9-6-10-21(26(20)32)22-15-35-23(29(37-22)44-4)14-34-13-17-11-12-24(40)36-17/h5-10,15,17,34H,11-14H2,1-4H3,(H2,33,41)(H,36,40). The van der Waals surface area contributed by atoms with Crippen LogP contribution in [0.15, 0.2) is 52.2 Å². The van der Waals surface area contributed by atoms with Crippen molar-refractivity contribution in [2.75, 3.05) is 13.7 Å². The quantitative estimate of drug-likeness (QED) is 0.258. The van der Waals surface area contributed by atoms with Gasteiger partial charge in [0.15, 0.2) is 0 Å². The highest BCUT2D eigenvalue weighted by Crippen LogP contribution is 2.40. The van der Waals surface area contributed by atoms with Gasteiger partial charge >= 0.3 is 5.69 Å². The molecule has 5 rings (SSSR count). The lowest BCUT2D eigenvalue weighted by Crippen LogP contribution is -2.42. The number of benzene rings is 2. The van der Waals surface area contributed by atoms with Crippen molar-refractivity contribution in [2.24, 2.45) is 19.8 Å². The molecular formula is C31H32ClN7O5. The second-order valence-electron chi connectivity index (χ2n) is 10.6. The molecule has 2 amide bonds. The molecule has 1 fully saturated rings. The lowest BCUT2D eigenvalue weighted by atomic mass is 9.92. The molecule has 0 bridgehead atoms. The van der Waals surface area contributed by atoms with Gasteiger partial charge < -0.3 is 21.1 Å². The Morgan fingerprint density at radius 1 is 1.09 bits per heavy atom. The molecule has 0 radical (unpaired) electrons. The largest absolute Gasteiger partial charge is 0.480 e. The average molecular weight is 618 g/mol. The third-order valence-corrected chi connectivity index (χ3v) is 8.24. The predicted molar refractivity (Wildman–Crippen MR) is 167 cm³/mol. The number of nitrogens with one attached hydrogen (secondary N) is 2. The van der Waals surface area contributed by atoms with E-state index in [9.17, 15) is 19.2 Å². The Hall–Kier alpha value is -4.81. The zero-order valence-corrected chi connectivity index (χ0v) is 25.5. The Kier molecular flexibility index (Phi) is 8.66. The Bertz CT molecular complexity index is 1920. The maximum absolute atomic E-state index is 12.9.